The van der Waals surface area contributed by atoms with E-state index in [1.807, 2.05) is 24.3 Å². The summed E-state index contributed by atoms with van der Waals surface area (Å²) < 4.78 is 16.9. The quantitative estimate of drug-likeness (QED) is 0.614. The lowest BCUT2D eigenvalue weighted by Crippen LogP contribution is -2.33. The lowest BCUT2D eigenvalue weighted by Gasteiger charge is -2.12. The molecule has 1 amide bonds. The fraction of sp³-hybridized carbons (Fsp3) is 0.227. The third-order valence-electron chi connectivity index (χ3n) is 4.49. The number of hydrogen-bond acceptors (Lipinski definition) is 6. The van der Waals surface area contributed by atoms with Crippen LogP contribution in [-0.4, -0.2) is 37.0 Å². The zero-order chi connectivity index (χ0) is 21.5. The van der Waals surface area contributed by atoms with Crippen molar-refractivity contribution in [3.63, 3.8) is 0 Å². The van der Waals surface area contributed by atoms with Crippen LogP contribution in [0.4, 0.5) is 0 Å². The number of aromatic nitrogens is 2. The Balaban J connectivity index is 1.75. The summed E-state index contributed by atoms with van der Waals surface area (Å²) in [5.41, 5.74) is 1.69. The molecule has 0 saturated carbocycles. The van der Waals surface area contributed by atoms with E-state index in [0.29, 0.717) is 29.3 Å². The number of hydrogen-bond donors (Lipinski definition) is 1. The number of methoxy groups -OCH3 is 3. The molecule has 0 fully saturated rings. The number of ether oxygens (including phenoxy) is 3. The summed E-state index contributed by atoms with van der Waals surface area (Å²) in [4.78, 5) is 24.6. The molecular formula is C22H23N3O5. The van der Waals surface area contributed by atoms with Crippen LogP contribution in [-0.2, 0) is 17.9 Å². The van der Waals surface area contributed by atoms with Gasteiger partial charge in [-0.05, 0) is 42.0 Å². The molecule has 1 aromatic heterocycles. The molecule has 0 unspecified atom stereocenters. The Labute approximate surface area is 174 Å². The highest BCUT2D eigenvalue weighted by Crippen LogP contribution is 2.31. The van der Waals surface area contributed by atoms with Crippen LogP contribution in [0.1, 0.15) is 5.56 Å². The molecule has 0 radical (unpaired) electrons. The molecule has 30 heavy (non-hydrogen) atoms. The van der Waals surface area contributed by atoms with Crippen molar-refractivity contribution in [2.75, 3.05) is 21.3 Å². The largest absolute Gasteiger partial charge is 0.497 e. The molecule has 1 N–H and O–H groups in total. The average molecular weight is 409 g/mol. The fourth-order valence-electron chi connectivity index (χ4n) is 2.86. The number of benzene rings is 2. The van der Waals surface area contributed by atoms with Crippen LogP contribution in [0.15, 0.2) is 59.4 Å². The van der Waals surface area contributed by atoms with Gasteiger partial charge in [0.1, 0.15) is 23.8 Å². The van der Waals surface area contributed by atoms with E-state index in [-0.39, 0.29) is 18.0 Å². The van der Waals surface area contributed by atoms with Gasteiger partial charge in [0.25, 0.3) is 5.56 Å². The van der Waals surface area contributed by atoms with E-state index in [9.17, 15) is 9.59 Å². The molecule has 0 aliphatic heterocycles. The van der Waals surface area contributed by atoms with E-state index in [2.05, 4.69) is 10.4 Å². The van der Waals surface area contributed by atoms with Crippen LogP contribution < -0.4 is 25.1 Å². The standard InChI is InChI=1S/C22H23N3O5/c1-28-16-6-4-15(5-7-16)13-23-21(26)14-25-22(27)11-9-19(24-25)18-12-17(29-2)8-10-20(18)30-3/h4-12H,13-14H2,1-3H3,(H,23,26). The summed E-state index contributed by atoms with van der Waals surface area (Å²) in [5, 5.41) is 7.12. The van der Waals surface area contributed by atoms with Crippen molar-refractivity contribution in [2.24, 2.45) is 0 Å². The van der Waals surface area contributed by atoms with E-state index in [0.717, 1.165) is 16.0 Å². The van der Waals surface area contributed by atoms with Crippen LogP contribution in [0.3, 0.4) is 0 Å². The number of amides is 1. The first-order valence-electron chi connectivity index (χ1n) is 9.24. The smallest absolute Gasteiger partial charge is 0.267 e. The van der Waals surface area contributed by atoms with Crippen molar-refractivity contribution in [1.29, 1.82) is 0 Å². The summed E-state index contributed by atoms with van der Waals surface area (Å²) in [6, 6.07) is 15.6. The lowest BCUT2D eigenvalue weighted by molar-refractivity contribution is -0.122. The van der Waals surface area contributed by atoms with Crippen molar-refractivity contribution >= 4 is 5.91 Å². The Hall–Kier alpha value is -3.81. The highest BCUT2D eigenvalue weighted by molar-refractivity contribution is 5.75. The van der Waals surface area contributed by atoms with Gasteiger partial charge in [0.15, 0.2) is 0 Å². The highest BCUT2D eigenvalue weighted by atomic mass is 16.5. The van der Waals surface area contributed by atoms with Gasteiger partial charge in [0, 0.05) is 18.2 Å². The van der Waals surface area contributed by atoms with E-state index >= 15 is 0 Å². The van der Waals surface area contributed by atoms with Crippen molar-refractivity contribution in [1.82, 2.24) is 15.1 Å². The van der Waals surface area contributed by atoms with Gasteiger partial charge in [-0.15, -0.1) is 0 Å². The van der Waals surface area contributed by atoms with E-state index in [4.69, 9.17) is 14.2 Å². The Bertz CT molecular complexity index is 1080. The Morgan fingerprint density at radius 2 is 1.63 bits per heavy atom. The van der Waals surface area contributed by atoms with Gasteiger partial charge in [-0.2, -0.15) is 5.10 Å². The molecule has 0 saturated heterocycles. The second-order valence-corrected chi connectivity index (χ2v) is 6.41. The summed E-state index contributed by atoms with van der Waals surface area (Å²) in [5.74, 6) is 1.63. The van der Waals surface area contributed by atoms with Crippen molar-refractivity contribution in [3.8, 4) is 28.5 Å². The molecule has 1 heterocycles. The molecule has 3 rings (SSSR count). The number of rotatable bonds is 8. The minimum Gasteiger partial charge on any atom is -0.497 e. The van der Waals surface area contributed by atoms with Gasteiger partial charge in [0.2, 0.25) is 5.91 Å². The zero-order valence-electron chi connectivity index (χ0n) is 17.0. The summed E-state index contributed by atoms with van der Waals surface area (Å²) in [6.07, 6.45) is 0. The topological polar surface area (TPSA) is 91.7 Å². The fourth-order valence-corrected chi connectivity index (χ4v) is 2.86. The Morgan fingerprint density at radius 3 is 2.30 bits per heavy atom. The minimum absolute atomic E-state index is 0.199. The normalized spacial score (nSPS) is 10.4. The molecule has 0 spiro atoms. The second kappa shape index (κ2) is 9.60. The maximum Gasteiger partial charge on any atom is 0.267 e. The van der Waals surface area contributed by atoms with Crippen LogP contribution in [0.2, 0.25) is 0 Å². The molecule has 0 aliphatic rings. The molecule has 8 heteroatoms. The van der Waals surface area contributed by atoms with Gasteiger partial charge in [0.05, 0.1) is 27.0 Å². The predicted molar refractivity (Wildman–Crippen MR) is 112 cm³/mol. The maximum atomic E-state index is 12.4. The average Bonchev–Trinajstić information content (AvgIpc) is 2.79. The van der Waals surface area contributed by atoms with Gasteiger partial charge < -0.3 is 19.5 Å². The number of carbonyl (C=O) groups is 1. The molecule has 3 aromatic rings. The summed E-state index contributed by atoms with van der Waals surface area (Å²) >= 11 is 0. The van der Waals surface area contributed by atoms with Crippen LogP contribution in [0, 0.1) is 0 Å². The number of carbonyl (C=O) groups excluding carboxylic acids is 1. The lowest BCUT2D eigenvalue weighted by atomic mass is 10.1. The van der Waals surface area contributed by atoms with Crippen molar-refractivity contribution < 1.29 is 19.0 Å². The number of nitrogens with zero attached hydrogens (tertiary/aromatic N) is 2. The molecule has 0 aliphatic carbocycles. The second-order valence-electron chi connectivity index (χ2n) is 6.41. The van der Waals surface area contributed by atoms with E-state index in [1.54, 1.807) is 45.6 Å². The minimum atomic E-state index is -0.375. The third kappa shape index (κ3) is 4.96. The summed E-state index contributed by atoms with van der Waals surface area (Å²) in [7, 11) is 4.71. The van der Waals surface area contributed by atoms with Crippen LogP contribution in [0.5, 0.6) is 17.2 Å². The molecular weight excluding hydrogens is 386 g/mol. The van der Waals surface area contributed by atoms with Crippen molar-refractivity contribution in [2.45, 2.75) is 13.1 Å². The van der Waals surface area contributed by atoms with E-state index in [1.165, 1.54) is 6.07 Å². The first-order valence-corrected chi connectivity index (χ1v) is 9.24. The third-order valence-corrected chi connectivity index (χ3v) is 4.49. The first-order chi connectivity index (χ1) is 14.5. The SMILES string of the molecule is COc1ccc(CNC(=O)Cn2nc(-c3cc(OC)ccc3OC)ccc2=O)cc1. The van der Waals surface area contributed by atoms with Gasteiger partial charge in [-0.1, -0.05) is 12.1 Å². The molecule has 2 aromatic carbocycles. The highest BCUT2D eigenvalue weighted by Gasteiger charge is 2.12. The number of nitrogens with one attached hydrogen (secondary N) is 1. The first kappa shape index (κ1) is 20.9. The van der Waals surface area contributed by atoms with Crippen LogP contribution in [0.25, 0.3) is 11.3 Å². The molecule has 0 atom stereocenters. The molecule has 0 bridgehead atoms. The van der Waals surface area contributed by atoms with Gasteiger partial charge in [-0.25, -0.2) is 4.68 Å². The molecule has 156 valence electrons. The summed E-state index contributed by atoms with van der Waals surface area (Å²) in [6.45, 7) is 0.135. The van der Waals surface area contributed by atoms with Gasteiger partial charge >= 0.3 is 0 Å². The van der Waals surface area contributed by atoms with Crippen LogP contribution >= 0.6 is 0 Å². The Kier molecular flexibility index (Phi) is 6.69. The maximum absolute atomic E-state index is 12.4. The monoisotopic (exact) mass is 409 g/mol. The van der Waals surface area contributed by atoms with Gasteiger partial charge in [-0.3, -0.25) is 9.59 Å². The van der Waals surface area contributed by atoms with Crippen molar-refractivity contribution in [3.05, 3.63) is 70.5 Å². The zero-order valence-corrected chi connectivity index (χ0v) is 17.0. The molecule has 8 nitrogen and oxygen atoms in total. The Morgan fingerprint density at radius 1 is 0.933 bits per heavy atom. The predicted octanol–water partition coefficient (Wildman–Crippen LogP) is 2.25. The van der Waals surface area contributed by atoms with E-state index < -0.39 is 0 Å².